The molecule has 2 aromatic carbocycles. The van der Waals surface area contributed by atoms with Crippen molar-refractivity contribution in [3.63, 3.8) is 0 Å². The summed E-state index contributed by atoms with van der Waals surface area (Å²) in [6, 6.07) is 9.92. The number of carbonyl (C=O) groups is 1. The predicted molar refractivity (Wildman–Crippen MR) is 84.4 cm³/mol. The molecule has 0 aliphatic carbocycles. The van der Waals surface area contributed by atoms with Gasteiger partial charge in [0, 0.05) is 6.07 Å². The summed E-state index contributed by atoms with van der Waals surface area (Å²) in [5, 5.41) is 2.80. The summed E-state index contributed by atoms with van der Waals surface area (Å²) in [5.41, 5.74) is 0.710. The fourth-order valence-electron chi connectivity index (χ4n) is 2.34. The number of rotatable bonds is 5. The van der Waals surface area contributed by atoms with Crippen LogP contribution in [0.3, 0.4) is 0 Å². The highest BCUT2D eigenvalue weighted by molar-refractivity contribution is 5.94. The van der Waals surface area contributed by atoms with E-state index in [4.69, 9.17) is 4.74 Å². The summed E-state index contributed by atoms with van der Waals surface area (Å²) < 4.78 is 31.8. The van der Waals surface area contributed by atoms with Crippen LogP contribution in [0.15, 0.2) is 42.5 Å². The maximum absolute atomic E-state index is 13.7. The molecular weight excluding hydrogens is 300 g/mol. The van der Waals surface area contributed by atoms with Crippen LogP contribution in [0, 0.1) is 17.6 Å². The first-order chi connectivity index (χ1) is 10.9. The van der Waals surface area contributed by atoms with Gasteiger partial charge in [-0.2, -0.15) is 0 Å². The third-order valence-corrected chi connectivity index (χ3v) is 3.60. The minimum absolute atomic E-state index is 0.0934. The second-order valence-corrected chi connectivity index (χ2v) is 5.59. The molecule has 0 radical (unpaired) electrons. The monoisotopic (exact) mass is 319 g/mol. The lowest BCUT2D eigenvalue weighted by atomic mass is 9.95. The first-order valence-corrected chi connectivity index (χ1v) is 7.32. The number of ether oxygens (including phenoxy) is 1. The van der Waals surface area contributed by atoms with E-state index in [9.17, 15) is 13.6 Å². The van der Waals surface area contributed by atoms with Gasteiger partial charge in [0.1, 0.15) is 17.4 Å². The Labute approximate surface area is 134 Å². The largest absolute Gasteiger partial charge is 0.497 e. The lowest BCUT2D eigenvalue weighted by Crippen LogP contribution is -2.32. The van der Waals surface area contributed by atoms with Crippen LogP contribution in [0.2, 0.25) is 0 Å². The average molecular weight is 319 g/mol. The van der Waals surface area contributed by atoms with Gasteiger partial charge in [0.05, 0.1) is 18.7 Å². The van der Waals surface area contributed by atoms with Crippen LogP contribution < -0.4 is 10.1 Å². The van der Waals surface area contributed by atoms with Crippen molar-refractivity contribution in [2.24, 2.45) is 5.92 Å². The Balaban J connectivity index is 2.23. The molecule has 0 aliphatic heterocycles. The molecule has 0 saturated heterocycles. The van der Waals surface area contributed by atoms with Crippen molar-refractivity contribution in [1.29, 1.82) is 0 Å². The smallest absolute Gasteiger partial charge is 0.254 e. The van der Waals surface area contributed by atoms with E-state index in [1.54, 1.807) is 19.2 Å². The summed E-state index contributed by atoms with van der Waals surface area (Å²) in [6.45, 7) is 3.91. The van der Waals surface area contributed by atoms with Crippen molar-refractivity contribution >= 4 is 5.91 Å². The number of methoxy groups -OCH3 is 1. The Morgan fingerprint density at radius 1 is 1.09 bits per heavy atom. The maximum Gasteiger partial charge on any atom is 0.254 e. The number of benzene rings is 2. The second-order valence-electron chi connectivity index (χ2n) is 5.59. The molecule has 0 aromatic heterocycles. The van der Waals surface area contributed by atoms with Crippen LogP contribution in [0.5, 0.6) is 5.75 Å². The van der Waals surface area contributed by atoms with Crippen LogP contribution in [0.25, 0.3) is 0 Å². The van der Waals surface area contributed by atoms with Gasteiger partial charge in [-0.25, -0.2) is 8.78 Å². The van der Waals surface area contributed by atoms with Gasteiger partial charge < -0.3 is 10.1 Å². The van der Waals surface area contributed by atoms with E-state index in [2.05, 4.69) is 5.32 Å². The zero-order valence-corrected chi connectivity index (χ0v) is 13.3. The number of carbonyl (C=O) groups excluding carboxylic acids is 1. The molecule has 23 heavy (non-hydrogen) atoms. The fraction of sp³-hybridized carbons (Fsp3) is 0.278. The zero-order valence-electron chi connectivity index (χ0n) is 13.3. The molecule has 0 unspecified atom stereocenters. The van der Waals surface area contributed by atoms with Crippen LogP contribution in [-0.4, -0.2) is 13.0 Å². The molecule has 0 spiro atoms. The summed E-state index contributed by atoms with van der Waals surface area (Å²) in [5.74, 6) is -1.35. The molecule has 1 atom stereocenters. The molecule has 0 fully saturated rings. The van der Waals surface area contributed by atoms with Crippen molar-refractivity contribution in [2.45, 2.75) is 19.9 Å². The van der Waals surface area contributed by atoms with Crippen molar-refractivity contribution < 1.29 is 18.3 Å². The molecule has 0 aliphatic rings. The summed E-state index contributed by atoms with van der Waals surface area (Å²) in [7, 11) is 1.58. The van der Waals surface area contributed by atoms with E-state index in [1.807, 2.05) is 26.0 Å². The molecule has 1 amide bonds. The van der Waals surface area contributed by atoms with Gasteiger partial charge in [0.2, 0.25) is 0 Å². The van der Waals surface area contributed by atoms with E-state index >= 15 is 0 Å². The molecule has 3 nitrogen and oxygen atoms in total. The number of halogens is 2. The summed E-state index contributed by atoms with van der Waals surface area (Å²) >= 11 is 0. The minimum Gasteiger partial charge on any atom is -0.497 e. The van der Waals surface area contributed by atoms with Gasteiger partial charge in [-0.15, -0.1) is 0 Å². The van der Waals surface area contributed by atoms with Crippen LogP contribution in [0.1, 0.15) is 35.8 Å². The Kier molecular flexibility index (Phi) is 5.32. The molecule has 0 heterocycles. The number of nitrogens with one attached hydrogen (secondary N) is 1. The Bertz CT molecular complexity index is 684. The first-order valence-electron chi connectivity index (χ1n) is 7.32. The topological polar surface area (TPSA) is 38.3 Å². The summed E-state index contributed by atoms with van der Waals surface area (Å²) in [6.07, 6.45) is 0. The average Bonchev–Trinajstić information content (AvgIpc) is 2.52. The third kappa shape index (κ3) is 4.06. The highest BCUT2D eigenvalue weighted by atomic mass is 19.1. The lowest BCUT2D eigenvalue weighted by molar-refractivity contribution is 0.0921. The molecule has 1 N–H and O–H groups in total. The van der Waals surface area contributed by atoms with Gasteiger partial charge >= 0.3 is 0 Å². The van der Waals surface area contributed by atoms with Crippen LogP contribution >= 0.6 is 0 Å². The highest BCUT2D eigenvalue weighted by Crippen LogP contribution is 2.24. The summed E-state index contributed by atoms with van der Waals surface area (Å²) in [4.78, 5) is 12.3. The quantitative estimate of drug-likeness (QED) is 0.901. The van der Waals surface area contributed by atoms with E-state index in [1.165, 1.54) is 0 Å². The molecule has 5 heteroatoms. The molecule has 0 saturated carbocycles. The van der Waals surface area contributed by atoms with Gasteiger partial charge in [-0.3, -0.25) is 4.79 Å². The maximum atomic E-state index is 13.7. The predicted octanol–water partition coefficient (Wildman–Crippen LogP) is 4.10. The van der Waals surface area contributed by atoms with Gasteiger partial charge in [0.25, 0.3) is 5.91 Å². The normalized spacial score (nSPS) is 12.1. The van der Waals surface area contributed by atoms with Crippen LogP contribution in [-0.2, 0) is 0 Å². The molecule has 2 rings (SSSR count). The van der Waals surface area contributed by atoms with E-state index in [-0.39, 0.29) is 17.5 Å². The molecular formula is C18H19F2NO2. The minimum atomic E-state index is -0.875. The Morgan fingerprint density at radius 2 is 1.74 bits per heavy atom. The number of amides is 1. The van der Waals surface area contributed by atoms with E-state index < -0.39 is 17.5 Å². The second kappa shape index (κ2) is 7.22. The van der Waals surface area contributed by atoms with E-state index in [0.29, 0.717) is 11.8 Å². The first kappa shape index (κ1) is 16.9. The Morgan fingerprint density at radius 3 is 2.26 bits per heavy atom. The number of hydrogen-bond donors (Lipinski definition) is 1. The molecule has 0 bridgehead atoms. The van der Waals surface area contributed by atoms with Gasteiger partial charge in [-0.1, -0.05) is 26.0 Å². The zero-order chi connectivity index (χ0) is 17.0. The van der Waals surface area contributed by atoms with Gasteiger partial charge in [0.15, 0.2) is 0 Å². The van der Waals surface area contributed by atoms with Crippen molar-refractivity contribution in [2.75, 3.05) is 7.11 Å². The van der Waals surface area contributed by atoms with Crippen molar-refractivity contribution in [3.05, 3.63) is 65.2 Å². The SMILES string of the molecule is COc1ccc([C@H](NC(=O)c2ccc(F)cc2F)C(C)C)cc1. The molecule has 122 valence electrons. The van der Waals surface area contributed by atoms with Crippen molar-refractivity contribution in [1.82, 2.24) is 5.32 Å². The van der Waals surface area contributed by atoms with Crippen molar-refractivity contribution in [3.8, 4) is 5.75 Å². The standard InChI is InChI=1S/C18H19F2NO2/c1-11(2)17(12-4-7-14(23-3)8-5-12)21-18(22)15-9-6-13(19)10-16(15)20/h4-11,17H,1-3H3,(H,21,22)/t17-/m1/s1. The van der Waals surface area contributed by atoms with Crippen LogP contribution in [0.4, 0.5) is 8.78 Å². The molecule has 2 aromatic rings. The Hall–Kier alpha value is -2.43. The highest BCUT2D eigenvalue weighted by Gasteiger charge is 2.21. The fourth-order valence-corrected chi connectivity index (χ4v) is 2.34. The third-order valence-electron chi connectivity index (χ3n) is 3.60. The van der Waals surface area contributed by atoms with Gasteiger partial charge in [-0.05, 0) is 35.7 Å². The van der Waals surface area contributed by atoms with E-state index in [0.717, 1.165) is 17.7 Å². The number of hydrogen-bond acceptors (Lipinski definition) is 2. The lowest BCUT2D eigenvalue weighted by Gasteiger charge is -2.23.